The lowest BCUT2D eigenvalue weighted by Gasteiger charge is -2.24. The molecule has 0 aromatic heterocycles. The van der Waals surface area contributed by atoms with Crippen LogP contribution in [0.3, 0.4) is 0 Å². The van der Waals surface area contributed by atoms with E-state index in [0.717, 1.165) is 21.2 Å². The summed E-state index contributed by atoms with van der Waals surface area (Å²) >= 11 is 0. The van der Waals surface area contributed by atoms with Crippen molar-refractivity contribution in [2.24, 2.45) is 0 Å². The van der Waals surface area contributed by atoms with Crippen LogP contribution in [0.15, 0.2) is 66.7 Å². The lowest BCUT2D eigenvalue weighted by atomic mass is 9.88. The summed E-state index contributed by atoms with van der Waals surface area (Å²) in [6.07, 6.45) is 0. The van der Waals surface area contributed by atoms with Crippen LogP contribution in [-0.2, 0) is 15.1 Å². The maximum absolute atomic E-state index is 13.2. The van der Waals surface area contributed by atoms with E-state index in [0.29, 0.717) is 11.3 Å². The first-order valence-electron chi connectivity index (χ1n) is 9.37. The van der Waals surface area contributed by atoms with Crippen LogP contribution < -0.4 is 10.6 Å². The minimum atomic E-state index is -1.23. The van der Waals surface area contributed by atoms with Gasteiger partial charge in [0, 0.05) is 5.69 Å². The van der Waals surface area contributed by atoms with Crippen molar-refractivity contribution in [1.29, 1.82) is 0 Å². The highest BCUT2D eigenvalue weighted by atomic mass is 16.2. The van der Waals surface area contributed by atoms with Gasteiger partial charge in [-0.3, -0.25) is 14.5 Å². The van der Waals surface area contributed by atoms with Gasteiger partial charge in [-0.15, -0.1) is 0 Å². The molecule has 1 atom stereocenters. The Balaban J connectivity index is 1.59. The number of urea groups is 1. The van der Waals surface area contributed by atoms with Crippen molar-refractivity contribution in [1.82, 2.24) is 10.2 Å². The fourth-order valence-electron chi connectivity index (χ4n) is 3.75. The van der Waals surface area contributed by atoms with Crippen molar-refractivity contribution in [3.63, 3.8) is 0 Å². The quantitative estimate of drug-likeness (QED) is 0.672. The second-order valence-electron chi connectivity index (χ2n) is 7.39. The van der Waals surface area contributed by atoms with Gasteiger partial charge in [0.15, 0.2) is 0 Å². The maximum atomic E-state index is 13.2. The summed E-state index contributed by atoms with van der Waals surface area (Å²) in [4.78, 5) is 39.2. The molecule has 3 aromatic rings. The zero-order chi connectivity index (χ0) is 20.6. The summed E-state index contributed by atoms with van der Waals surface area (Å²) < 4.78 is 0. The zero-order valence-electron chi connectivity index (χ0n) is 16.2. The molecule has 4 rings (SSSR count). The Kier molecular flexibility index (Phi) is 4.54. The second kappa shape index (κ2) is 7.05. The lowest BCUT2D eigenvalue weighted by molar-refractivity contribution is -0.133. The van der Waals surface area contributed by atoms with Crippen molar-refractivity contribution in [2.45, 2.75) is 19.4 Å². The number of rotatable bonds is 4. The van der Waals surface area contributed by atoms with Crippen LogP contribution in [-0.4, -0.2) is 29.3 Å². The number of amides is 4. The Labute approximate surface area is 168 Å². The molecule has 1 saturated heterocycles. The summed E-state index contributed by atoms with van der Waals surface area (Å²) in [6, 6.07) is 20.1. The highest BCUT2D eigenvalue weighted by Crippen LogP contribution is 2.33. The normalized spacial score (nSPS) is 18.8. The van der Waals surface area contributed by atoms with Crippen LogP contribution in [0.25, 0.3) is 10.8 Å². The summed E-state index contributed by atoms with van der Waals surface area (Å²) in [7, 11) is 0. The fourth-order valence-corrected chi connectivity index (χ4v) is 3.75. The Bertz CT molecular complexity index is 1140. The number of nitrogens with zero attached hydrogens (tertiary/aromatic N) is 1. The SMILES string of the molecule is Cc1cccc(NC(=O)CN2C(=O)NC(C)(c3cccc4ccccc34)C2=O)c1. The third-order valence-corrected chi connectivity index (χ3v) is 5.21. The first kappa shape index (κ1) is 18.7. The molecular weight excluding hydrogens is 366 g/mol. The number of carbonyl (C=O) groups excluding carboxylic acids is 3. The Morgan fingerprint density at radius 2 is 1.76 bits per heavy atom. The molecule has 0 aliphatic carbocycles. The molecule has 1 heterocycles. The number of hydrogen-bond acceptors (Lipinski definition) is 3. The summed E-state index contributed by atoms with van der Waals surface area (Å²) in [5.41, 5.74) is 1.09. The minimum Gasteiger partial charge on any atom is -0.325 e. The number of carbonyl (C=O) groups is 3. The van der Waals surface area contributed by atoms with E-state index in [4.69, 9.17) is 0 Å². The number of imide groups is 1. The molecule has 1 unspecified atom stereocenters. The molecule has 1 fully saturated rings. The van der Waals surface area contributed by atoms with Crippen LogP contribution >= 0.6 is 0 Å². The first-order valence-corrected chi connectivity index (χ1v) is 9.37. The van der Waals surface area contributed by atoms with Crippen molar-refractivity contribution < 1.29 is 14.4 Å². The van der Waals surface area contributed by atoms with Crippen molar-refractivity contribution in [2.75, 3.05) is 11.9 Å². The van der Waals surface area contributed by atoms with Gasteiger partial charge in [0.05, 0.1) is 0 Å². The maximum Gasteiger partial charge on any atom is 0.325 e. The number of aryl methyl sites for hydroxylation is 1. The number of anilines is 1. The molecule has 6 nitrogen and oxygen atoms in total. The zero-order valence-corrected chi connectivity index (χ0v) is 16.2. The lowest BCUT2D eigenvalue weighted by Crippen LogP contribution is -2.42. The van der Waals surface area contributed by atoms with Crippen molar-refractivity contribution in [3.8, 4) is 0 Å². The largest absolute Gasteiger partial charge is 0.325 e. The third kappa shape index (κ3) is 3.33. The van der Waals surface area contributed by atoms with Gasteiger partial charge in [-0.1, -0.05) is 54.6 Å². The topological polar surface area (TPSA) is 78.5 Å². The summed E-state index contributed by atoms with van der Waals surface area (Å²) in [5, 5.41) is 7.37. The van der Waals surface area contributed by atoms with E-state index in [-0.39, 0.29) is 6.54 Å². The van der Waals surface area contributed by atoms with Gasteiger partial charge in [0.1, 0.15) is 12.1 Å². The van der Waals surface area contributed by atoms with Gasteiger partial charge in [-0.25, -0.2) is 4.79 Å². The Hall–Kier alpha value is -3.67. The molecular formula is C23H21N3O3. The molecule has 2 N–H and O–H groups in total. The van der Waals surface area contributed by atoms with Gasteiger partial charge >= 0.3 is 6.03 Å². The van der Waals surface area contributed by atoms with Crippen LogP contribution in [0, 0.1) is 6.92 Å². The molecule has 146 valence electrons. The molecule has 4 amide bonds. The summed E-state index contributed by atoms with van der Waals surface area (Å²) in [5.74, 6) is -0.875. The fraction of sp³-hybridized carbons (Fsp3) is 0.174. The number of hydrogen-bond donors (Lipinski definition) is 2. The molecule has 1 aliphatic rings. The predicted molar refractivity (Wildman–Crippen MR) is 111 cm³/mol. The Morgan fingerprint density at radius 1 is 1.03 bits per heavy atom. The highest BCUT2D eigenvalue weighted by molar-refractivity contribution is 6.11. The smallest absolute Gasteiger partial charge is 0.325 e. The molecule has 0 spiro atoms. The first-order chi connectivity index (χ1) is 13.9. The predicted octanol–water partition coefficient (Wildman–Crippen LogP) is 3.55. The number of benzene rings is 3. The number of fused-ring (bicyclic) bond motifs is 1. The van der Waals surface area contributed by atoms with Crippen molar-refractivity contribution in [3.05, 3.63) is 77.9 Å². The molecule has 0 bridgehead atoms. The standard InChI is InChI=1S/C23H21N3O3/c1-15-7-5-10-17(13-15)24-20(27)14-26-21(28)23(2,25-22(26)29)19-12-6-9-16-8-3-4-11-18(16)19/h3-13H,14H2,1-2H3,(H,24,27)(H,25,29). The van der Waals surface area contributed by atoms with Gasteiger partial charge in [0.25, 0.3) is 5.91 Å². The second-order valence-corrected chi connectivity index (χ2v) is 7.39. The van der Waals surface area contributed by atoms with E-state index in [9.17, 15) is 14.4 Å². The van der Waals surface area contributed by atoms with Gasteiger partial charge in [0.2, 0.25) is 5.91 Å². The van der Waals surface area contributed by atoms with Crippen LogP contribution in [0.2, 0.25) is 0 Å². The van der Waals surface area contributed by atoms with Crippen molar-refractivity contribution >= 4 is 34.3 Å². The Morgan fingerprint density at radius 3 is 2.55 bits per heavy atom. The van der Waals surface area contributed by atoms with Crippen LogP contribution in [0.4, 0.5) is 10.5 Å². The third-order valence-electron chi connectivity index (χ3n) is 5.21. The average Bonchev–Trinajstić information content (AvgIpc) is 2.91. The molecule has 6 heteroatoms. The summed E-state index contributed by atoms with van der Waals surface area (Å²) in [6.45, 7) is 3.25. The molecule has 29 heavy (non-hydrogen) atoms. The molecule has 0 radical (unpaired) electrons. The van der Waals surface area contributed by atoms with Crippen LogP contribution in [0.1, 0.15) is 18.1 Å². The average molecular weight is 387 g/mol. The van der Waals surface area contributed by atoms with Gasteiger partial charge in [-0.05, 0) is 47.9 Å². The highest BCUT2D eigenvalue weighted by Gasteiger charge is 2.50. The molecule has 3 aromatic carbocycles. The van der Waals surface area contributed by atoms with E-state index in [1.165, 1.54) is 0 Å². The molecule has 1 aliphatic heterocycles. The molecule has 0 saturated carbocycles. The monoisotopic (exact) mass is 387 g/mol. The van der Waals surface area contributed by atoms with Gasteiger partial charge < -0.3 is 10.6 Å². The van der Waals surface area contributed by atoms with E-state index in [2.05, 4.69) is 10.6 Å². The minimum absolute atomic E-state index is 0.348. The van der Waals surface area contributed by atoms with E-state index in [1.807, 2.05) is 67.6 Å². The van der Waals surface area contributed by atoms with E-state index < -0.39 is 23.4 Å². The van der Waals surface area contributed by atoms with E-state index >= 15 is 0 Å². The number of nitrogens with one attached hydrogen (secondary N) is 2. The van der Waals surface area contributed by atoms with Crippen LogP contribution in [0.5, 0.6) is 0 Å². The van der Waals surface area contributed by atoms with E-state index in [1.54, 1.807) is 13.0 Å². The van der Waals surface area contributed by atoms with Gasteiger partial charge in [-0.2, -0.15) is 0 Å².